The summed E-state index contributed by atoms with van der Waals surface area (Å²) >= 11 is 0. The summed E-state index contributed by atoms with van der Waals surface area (Å²) in [6.07, 6.45) is 2.99. The summed E-state index contributed by atoms with van der Waals surface area (Å²) in [6.45, 7) is 3.01. The maximum absolute atomic E-state index is 12.2. The van der Waals surface area contributed by atoms with Gasteiger partial charge in [0.15, 0.2) is 0 Å². The second-order valence-electron chi connectivity index (χ2n) is 5.77. The van der Waals surface area contributed by atoms with Gasteiger partial charge in [0.2, 0.25) is 0 Å². The zero-order chi connectivity index (χ0) is 15.6. The Kier molecular flexibility index (Phi) is 4.72. The Morgan fingerprint density at radius 2 is 2.10 bits per heavy atom. The molecule has 1 fully saturated rings. The summed E-state index contributed by atoms with van der Waals surface area (Å²) in [5.74, 6) is 0.527. The third-order valence-electron chi connectivity index (χ3n) is 4.11. The van der Waals surface area contributed by atoms with Gasteiger partial charge in [0.25, 0.3) is 5.56 Å². The molecule has 0 amide bonds. The predicted molar refractivity (Wildman–Crippen MR) is 82.5 cm³/mol. The molecule has 1 aromatic heterocycles. The van der Waals surface area contributed by atoms with E-state index in [-0.39, 0.29) is 23.3 Å². The van der Waals surface area contributed by atoms with Crippen LogP contribution in [0.25, 0.3) is 0 Å². The number of anilines is 2. The second kappa shape index (κ2) is 6.34. The average Bonchev–Trinajstić information content (AvgIpc) is 2.87. The molecule has 2 atom stereocenters. The molecule has 4 N–H and O–H groups in total. The number of rotatable bonds is 5. The van der Waals surface area contributed by atoms with Gasteiger partial charge < -0.3 is 16.2 Å². The van der Waals surface area contributed by atoms with Crippen molar-refractivity contribution in [3.05, 3.63) is 20.8 Å². The van der Waals surface area contributed by atoms with Crippen LogP contribution in [0.4, 0.5) is 11.5 Å². The molecule has 0 radical (unpaired) electrons. The van der Waals surface area contributed by atoms with Crippen molar-refractivity contribution in [2.24, 2.45) is 13.0 Å². The van der Waals surface area contributed by atoms with Gasteiger partial charge in [-0.2, -0.15) is 0 Å². The number of nitrogens with zero attached hydrogens (tertiary/aromatic N) is 2. The highest BCUT2D eigenvalue weighted by Crippen LogP contribution is 2.25. The number of aromatic nitrogens is 2. The molecule has 1 heterocycles. The lowest BCUT2D eigenvalue weighted by Crippen LogP contribution is -2.41. The first-order valence-corrected chi connectivity index (χ1v) is 7.46. The molecule has 21 heavy (non-hydrogen) atoms. The number of nitrogens with two attached hydrogens (primary N) is 1. The van der Waals surface area contributed by atoms with Gasteiger partial charge >= 0.3 is 5.69 Å². The van der Waals surface area contributed by atoms with Gasteiger partial charge in [0.1, 0.15) is 11.5 Å². The zero-order valence-corrected chi connectivity index (χ0v) is 12.6. The minimum atomic E-state index is -0.400. The summed E-state index contributed by atoms with van der Waals surface area (Å²) in [4.78, 5) is 24.2. The fourth-order valence-electron chi connectivity index (χ4n) is 2.87. The van der Waals surface area contributed by atoms with Gasteiger partial charge in [-0.15, -0.1) is 0 Å². The van der Waals surface area contributed by atoms with Crippen molar-refractivity contribution in [1.29, 1.82) is 0 Å². The summed E-state index contributed by atoms with van der Waals surface area (Å²) in [6, 6.07) is 0. The van der Waals surface area contributed by atoms with Crippen molar-refractivity contribution < 1.29 is 5.11 Å². The highest BCUT2D eigenvalue weighted by atomic mass is 16.3. The highest BCUT2D eigenvalue weighted by molar-refractivity contribution is 5.60. The molecule has 0 saturated heterocycles. The highest BCUT2D eigenvalue weighted by Gasteiger charge is 2.23. The van der Waals surface area contributed by atoms with E-state index in [1.165, 1.54) is 11.6 Å². The van der Waals surface area contributed by atoms with Crippen LogP contribution in [0.15, 0.2) is 9.59 Å². The summed E-state index contributed by atoms with van der Waals surface area (Å²) < 4.78 is 2.51. The molecule has 2 unspecified atom stereocenters. The zero-order valence-electron chi connectivity index (χ0n) is 12.6. The smallest absolute Gasteiger partial charge is 0.332 e. The Morgan fingerprint density at radius 3 is 2.67 bits per heavy atom. The number of hydrogen-bond donors (Lipinski definition) is 3. The van der Waals surface area contributed by atoms with E-state index in [2.05, 4.69) is 5.32 Å². The number of aliphatic hydroxyl groups excluding tert-OH is 1. The maximum Gasteiger partial charge on any atom is 0.332 e. The van der Waals surface area contributed by atoms with Crippen molar-refractivity contribution >= 4 is 11.5 Å². The van der Waals surface area contributed by atoms with E-state index >= 15 is 0 Å². The van der Waals surface area contributed by atoms with Crippen molar-refractivity contribution in [2.45, 2.75) is 45.3 Å². The largest absolute Gasteiger partial charge is 0.393 e. The van der Waals surface area contributed by atoms with E-state index in [4.69, 9.17) is 5.73 Å². The van der Waals surface area contributed by atoms with E-state index in [1.54, 1.807) is 0 Å². The SMILES string of the molecule is CCCn1c(N)c(NCC2CCC(O)C2)c(=O)n(C)c1=O. The number of hydrogen-bond acceptors (Lipinski definition) is 5. The van der Waals surface area contributed by atoms with Crippen LogP contribution < -0.4 is 22.3 Å². The minimum Gasteiger partial charge on any atom is -0.393 e. The van der Waals surface area contributed by atoms with Crippen LogP contribution >= 0.6 is 0 Å². The Morgan fingerprint density at radius 1 is 1.38 bits per heavy atom. The predicted octanol–water partition coefficient (Wildman–Crippen LogP) is 0.112. The third-order valence-corrected chi connectivity index (χ3v) is 4.11. The summed E-state index contributed by atoms with van der Waals surface area (Å²) in [5.41, 5.74) is 5.49. The molecule has 0 bridgehead atoms. The van der Waals surface area contributed by atoms with E-state index in [9.17, 15) is 14.7 Å². The fourth-order valence-corrected chi connectivity index (χ4v) is 2.87. The van der Waals surface area contributed by atoms with Gasteiger partial charge in [-0.05, 0) is 31.6 Å². The van der Waals surface area contributed by atoms with Crippen LogP contribution in [0, 0.1) is 5.92 Å². The van der Waals surface area contributed by atoms with E-state index in [0.717, 1.165) is 30.3 Å². The van der Waals surface area contributed by atoms with Crippen LogP contribution in [0.3, 0.4) is 0 Å². The van der Waals surface area contributed by atoms with Gasteiger partial charge in [-0.25, -0.2) is 4.79 Å². The number of nitrogens with one attached hydrogen (secondary N) is 1. The van der Waals surface area contributed by atoms with Crippen LogP contribution in [0.1, 0.15) is 32.6 Å². The number of aliphatic hydroxyl groups is 1. The summed E-state index contributed by atoms with van der Waals surface area (Å²) in [5, 5.41) is 12.6. The minimum absolute atomic E-state index is 0.198. The molecule has 0 spiro atoms. The van der Waals surface area contributed by atoms with Crippen LogP contribution in [0.2, 0.25) is 0 Å². The number of nitrogen functional groups attached to an aromatic ring is 1. The molecule has 1 aliphatic carbocycles. The Labute approximate surface area is 123 Å². The Balaban J connectivity index is 2.26. The van der Waals surface area contributed by atoms with Gasteiger partial charge in [0, 0.05) is 20.1 Å². The maximum atomic E-state index is 12.2. The first-order chi connectivity index (χ1) is 9.95. The quantitative estimate of drug-likeness (QED) is 0.716. The molecular weight excluding hydrogens is 272 g/mol. The third kappa shape index (κ3) is 3.12. The monoisotopic (exact) mass is 296 g/mol. The van der Waals surface area contributed by atoms with Gasteiger partial charge in [-0.3, -0.25) is 13.9 Å². The topological polar surface area (TPSA) is 102 Å². The van der Waals surface area contributed by atoms with Crippen molar-refractivity contribution in [2.75, 3.05) is 17.6 Å². The Bertz CT molecular complexity index is 620. The lowest BCUT2D eigenvalue weighted by molar-refractivity contribution is 0.178. The molecule has 2 rings (SSSR count). The molecule has 7 heteroatoms. The van der Waals surface area contributed by atoms with Crippen molar-refractivity contribution in [3.63, 3.8) is 0 Å². The van der Waals surface area contributed by atoms with Crippen LogP contribution in [0.5, 0.6) is 0 Å². The molecule has 1 aromatic rings. The van der Waals surface area contributed by atoms with Crippen molar-refractivity contribution in [3.8, 4) is 0 Å². The van der Waals surface area contributed by atoms with E-state index in [1.807, 2.05) is 6.92 Å². The molecule has 0 aromatic carbocycles. The fraction of sp³-hybridized carbons (Fsp3) is 0.714. The van der Waals surface area contributed by atoms with Gasteiger partial charge in [0.05, 0.1) is 6.10 Å². The molecular formula is C14H24N4O3. The standard InChI is InChI=1S/C14H24N4O3/c1-3-6-18-12(15)11(13(20)17(2)14(18)21)16-8-9-4-5-10(19)7-9/h9-10,16,19H,3-8,15H2,1-2H3. The first-order valence-electron chi connectivity index (χ1n) is 7.46. The normalized spacial score (nSPS) is 21.7. The lowest BCUT2D eigenvalue weighted by atomic mass is 10.1. The van der Waals surface area contributed by atoms with Crippen LogP contribution in [-0.2, 0) is 13.6 Å². The Hall–Kier alpha value is -1.76. The van der Waals surface area contributed by atoms with Crippen molar-refractivity contribution in [1.82, 2.24) is 9.13 Å². The first kappa shape index (κ1) is 15.6. The van der Waals surface area contributed by atoms with E-state index < -0.39 is 5.56 Å². The summed E-state index contributed by atoms with van der Waals surface area (Å²) in [7, 11) is 1.46. The van der Waals surface area contributed by atoms with Gasteiger partial charge in [-0.1, -0.05) is 6.92 Å². The average molecular weight is 296 g/mol. The molecule has 1 saturated carbocycles. The van der Waals surface area contributed by atoms with E-state index in [0.29, 0.717) is 19.0 Å². The molecule has 0 aliphatic heterocycles. The molecule has 7 nitrogen and oxygen atoms in total. The lowest BCUT2D eigenvalue weighted by Gasteiger charge is -2.17. The second-order valence-corrected chi connectivity index (χ2v) is 5.77. The molecule has 1 aliphatic rings. The molecule has 118 valence electrons. The van der Waals surface area contributed by atoms with Crippen LogP contribution in [-0.4, -0.2) is 26.9 Å².